The van der Waals surface area contributed by atoms with Gasteiger partial charge in [0.05, 0.1) is 5.69 Å². The molecule has 1 heterocycles. The predicted octanol–water partition coefficient (Wildman–Crippen LogP) is 2.40. The minimum Gasteiger partial charge on any atom is -0.481 e. The van der Waals surface area contributed by atoms with Crippen molar-refractivity contribution in [3.8, 4) is 0 Å². The predicted molar refractivity (Wildman–Crippen MR) is 80.4 cm³/mol. The van der Waals surface area contributed by atoms with Gasteiger partial charge < -0.3 is 10.4 Å². The van der Waals surface area contributed by atoms with Gasteiger partial charge in [0.1, 0.15) is 5.69 Å². The lowest BCUT2D eigenvalue weighted by Crippen LogP contribution is -2.27. The number of carboxylic acid groups (broad SMARTS) is 1. The van der Waals surface area contributed by atoms with E-state index in [0.29, 0.717) is 31.1 Å². The van der Waals surface area contributed by atoms with Crippen LogP contribution in [-0.2, 0) is 11.3 Å². The summed E-state index contributed by atoms with van der Waals surface area (Å²) < 4.78 is 1.72. The molecule has 0 atom stereocenters. The van der Waals surface area contributed by atoms with Crippen molar-refractivity contribution in [2.75, 3.05) is 6.54 Å². The second kappa shape index (κ2) is 8.44. The Kier molecular flexibility index (Phi) is 6.91. The van der Waals surface area contributed by atoms with Gasteiger partial charge in [-0.3, -0.25) is 14.3 Å². The number of hydrogen-bond donors (Lipinski definition) is 2. The zero-order chi connectivity index (χ0) is 15.8. The molecule has 1 aromatic rings. The van der Waals surface area contributed by atoms with Gasteiger partial charge in [0.15, 0.2) is 0 Å². The van der Waals surface area contributed by atoms with E-state index < -0.39 is 5.97 Å². The highest BCUT2D eigenvalue weighted by molar-refractivity contribution is 5.92. The van der Waals surface area contributed by atoms with Crippen molar-refractivity contribution in [3.63, 3.8) is 0 Å². The summed E-state index contributed by atoms with van der Waals surface area (Å²) in [5.41, 5.74) is 1.51. The number of unbranched alkanes of at least 4 members (excludes halogenated alkanes) is 2. The van der Waals surface area contributed by atoms with Gasteiger partial charge in [0, 0.05) is 19.5 Å². The van der Waals surface area contributed by atoms with Crippen molar-refractivity contribution >= 4 is 11.9 Å². The number of aliphatic carboxylic acids is 1. The molecule has 0 unspecified atom stereocenters. The summed E-state index contributed by atoms with van der Waals surface area (Å²) in [4.78, 5) is 22.5. The van der Waals surface area contributed by atoms with Gasteiger partial charge in [-0.05, 0) is 31.7 Å². The smallest absolute Gasteiger partial charge is 0.303 e. The van der Waals surface area contributed by atoms with Crippen LogP contribution in [0.5, 0.6) is 0 Å². The molecule has 0 aromatic carbocycles. The number of hydrogen-bond acceptors (Lipinski definition) is 3. The average Bonchev–Trinajstić information content (AvgIpc) is 2.86. The molecule has 1 aromatic heterocycles. The molecule has 0 fully saturated rings. The number of aromatic nitrogens is 2. The molecule has 6 heteroatoms. The molecule has 1 rings (SSSR count). The summed E-state index contributed by atoms with van der Waals surface area (Å²) in [5, 5.41) is 15.8. The van der Waals surface area contributed by atoms with E-state index in [2.05, 4.69) is 10.4 Å². The molecule has 0 saturated carbocycles. The van der Waals surface area contributed by atoms with Gasteiger partial charge in [0.2, 0.25) is 0 Å². The molecular weight excluding hydrogens is 270 g/mol. The quantitative estimate of drug-likeness (QED) is 0.685. The first-order chi connectivity index (χ1) is 9.95. The molecule has 0 aliphatic carbocycles. The normalized spacial score (nSPS) is 10.9. The maximum absolute atomic E-state index is 12.1. The topological polar surface area (TPSA) is 84.2 Å². The highest BCUT2D eigenvalue weighted by Gasteiger charge is 2.15. The van der Waals surface area contributed by atoms with Gasteiger partial charge in [-0.1, -0.05) is 20.3 Å². The van der Waals surface area contributed by atoms with Crippen LogP contribution in [0.3, 0.4) is 0 Å². The first-order valence-electron chi connectivity index (χ1n) is 7.53. The number of carboxylic acids is 1. The second-order valence-electron chi connectivity index (χ2n) is 5.39. The second-order valence-corrected chi connectivity index (χ2v) is 5.39. The molecule has 0 spiro atoms. The number of carbonyl (C=O) groups is 2. The summed E-state index contributed by atoms with van der Waals surface area (Å²) in [6.45, 7) is 7.27. The minimum absolute atomic E-state index is 0.116. The van der Waals surface area contributed by atoms with E-state index in [9.17, 15) is 9.59 Å². The first kappa shape index (κ1) is 17.2. The summed E-state index contributed by atoms with van der Waals surface area (Å²) in [6, 6.07) is 1.84. The fourth-order valence-electron chi connectivity index (χ4n) is 2.01. The molecule has 2 N–H and O–H groups in total. The van der Waals surface area contributed by atoms with Crippen LogP contribution in [0.25, 0.3) is 0 Å². The van der Waals surface area contributed by atoms with E-state index in [4.69, 9.17) is 5.11 Å². The average molecular weight is 295 g/mol. The number of rotatable bonds is 9. The summed E-state index contributed by atoms with van der Waals surface area (Å²) in [6.07, 6.45) is 2.43. The van der Waals surface area contributed by atoms with E-state index >= 15 is 0 Å². The van der Waals surface area contributed by atoms with Crippen molar-refractivity contribution < 1.29 is 14.7 Å². The highest BCUT2D eigenvalue weighted by atomic mass is 16.4. The molecule has 1 amide bonds. The SMILES string of the molecule is CCn1nc(C(C)C)cc1C(=O)NCCCCCC(=O)O. The molecule has 118 valence electrons. The fourth-order valence-corrected chi connectivity index (χ4v) is 2.01. The van der Waals surface area contributed by atoms with Gasteiger partial charge in [-0.15, -0.1) is 0 Å². The van der Waals surface area contributed by atoms with Gasteiger partial charge in [-0.2, -0.15) is 5.10 Å². The van der Waals surface area contributed by atoms with E-state index in [1.807, 2.05) is 26.8 Å². The van der Waals surface area contributed by atoms with Gasteiger partial charge in [0.25, 0.3) is 5.91 Å². The van der Waals surface area contributed by atoms with Crippen LogP contribution in [0.1, 0.15) is 68.6 Å². The fraction of sp³-hybridized carbons (Fsp3) is 0.667. The third-order valence-electron chi connectivity index (χ3n) is 3.28. The van der Waals surface area contributed by atoms with E-state index in [0.717, 1.165) is 18.5 Å². The minimum atomic E-state index is -0.771. The largest absolute Gasteiger partial charge is 0.481 e. The molecule has 0 aliphatic rings. The van der Waals surface area contributed by atoms with E-state index in [-0.39, 0.29) is 12.3 Å². The Balaban J connectivity index is 2.43. The lowest BCUT2D eigenvalue weighted by atomic mass is 10.1. The molecule has 0 aliphatic heterocycles. The van der Waals surface area contributed by atoms with Gasteiger partial charge in [-0.25, -0.2) is 0 Å². The van der Waals surface area contributed by atoms with Crippen LogP contribution in [0, 0.1) is 0 Å². The maximum Gasteiger partial charge on any atom is 0.303 e. The Morgan fingerprint density at radius 2 is 2.05 bits per heavy atom. The number of carbonyl (C=O) groups excluding carboxylic acids is 1. The van der Waals surface area contributed by atoms with Gasteiger partial charge >= 0.3 is 5.97 Å². The maximum atomic E-state index is 12.1. The lowest BCUT2D eigenvalue weighted by molar-refractivity contribution is -0.137. The van der Waals surface area contributed by atoms with Crippen molar-refractivity contribution in [3.05, 3.63) is 17.5 Å². The lowest BCUT2D eigenvalue weighted by Gasteiger charge is -2.06. The van der Waals surface area contributed by atoms with Crippen molar-refractivity contribution in [2.24, 2.45) is 0 Å². The Bertz CT molecular complexity index is 481. The van der Waals surface area contributed by atoms with Crippen LogP contribution in [-0.4, -0.2) is 33.3 Å². The van der Waals surface area contributed by atoms with E-state index in [1.54, 1.807) is 4.68 Å². The summed E-state index contributed by atoms with van der Waals surface area (Å²) >= 11 is 0. The molecule has 6 nitrogen and oxygen atoms in total. The molecule has 0 bridgehead atoms. The van der Waals surface area contributed by atoms with Crippen LogP contribution in [0.4, 0.5) is 0 Å². The number of amides is 1. The molecule has 0 saturated heterocycles. The number of nitrogens with one attached hydrogen (secondary N) is 1. The molecular formula is C15H25N3O3. The Morgan fingerprint density at radius 1 is 1.33 bits per heavy atom. The summed E-state index contributed by atoms with van der Waals surface area (Å²) in [5.74, 6) is -0.595. The zero-order valence-electron chi connectivity index (χ0n) is 13.1. The Hall–Kier alpha value is -1.85. The Morgan fingerprint density at radius 3 is 2.62 bits per heavy atom. The van der Waals surface area contributed by atoms with E-state index in [1.165, 1.54) is 0 Å². The monoisotopic (exact) mass is 295 g/mol. The van der Waals surface area contributed by atoms with Crippen molar-refractivity contribution in [1.29, 1.82) is 0 Å². The van der Waals surface area contributed by atoms with Crippen LogP contribution >= 0.6 is 0 Å². The number of aryl methyl sites for hydroxylation is 1. The molecule has 21 heavy (non-hydrogen) atoms. The highest BCUT2D eigenvalue weighted by Crippen LogP contribution is 2.14. The molecule has 0 radical (unpaired) electrons. The third kappa shape index (κ3) is 5.57. The van der Waals surface area contributed by atoms with Crippen LogP contribution in [0.15, 0.2) is 6.07 Å². The summed E-state index contributed by atoms with van der Waals surface area (Å²) in [7, 11) is 0. The first-order valence-corrected chi connectivity index (χ1v) is 7.53. The van der Waals surface area contributed by atoms with Crippen molar-refractivity contribution in [2.45, 2.75) is 58.9 Å². The van der Waals surface area contributed by atoms with Crippen LogP contribution < -0.4 is 5.32 Å². The number of nitrogens with zero attached hydrogens (tertiary/aromatic N) is 2. The van der Waals surface area contributed by atoms with Crippen LogP contribution in [0.2, 0.25) is 0 Å². The standard InChI is InChI=1S/C15H25N3O3/c1-4-18-13(10-12(17-18)11(2)3)15(21)16-9-7-5-6-8-14(19)20/h10-11H,4-9H2,1-3H3,(H,16,21)(H,19,20). The third-order valence-corrected chi connectivity index (χ3v) is 3.28. The Labute approximate surface area is 125 Å². The van der Waals surface area contributed by atoms with Crippen molar-refractivity contribution in [1.82, 2.24) is 15.1 Å². The zero-order valence-corrected chi connectivity index (χ0v) is 13.1.